The van der Waals surface area contributed by atoms with Gasteiger partial charge in [-0.05, 0) is 44.5 Å². The van der Waals surface area contributed by atoms with E-state index in [0.29, 0.717) is 28.2 Å². The number of benzene rings is 1. The number of nitrogens with one attached hydrogen (secondary N) is 2. The van der Waals surface area contributed by atoms with Gasteiger partial charge in [0.25, 0.3) is 11.5 Å². The molecule has 7 nitrogen and oxygen atoms in total. The van der Waals surface area contributed by atoms with Gasteiger partial charge in [-0.15, -0.1) is 23.1 Å². The van der Waals surface area contributed by atoms with E-state index >= 15 is 0 Å². The van der Waals surface area contributed by atoms with E-state index in [0.717, 1.165) is 15.3 Å². The summed E-state index contributed by atoms with van der Waals surface area (Å²) in [5.74, 6) is 0.658. The van der Waals surface area contributed by atoms with Crippen LogP contribution in [0, 0.1) is 13.8 Å². The molecule has 0 bridgehead atoms. The molecule has 9 heteroatoms. The number of fused-ring (bicyclic) bond motifs is 1. The minimum absolute atomic E-state index is 0.127. The Balaban J connectivity index is 1.65. The largest absolute Gasteiger partial charge is 0.345 e. The first kappa shape index (κ1) is 22.0. The zero-order chi connectivity index (χ0) is 22.0. The minimum atomic E-state index is -0.369. The predicted octanol–water partition coefficient (Wildman–Crippen LogP) is 3.56. The van der Waals surface area contributed by atoms with Gasteiger partial charge in [0, 0.05) is 30.2 Å². The average molecular weight is 445 g/mol. The third kappa shape index (κ3) is 4.73. The molecule has 30 heavy (non-hydrogen) atoms. The Morgan fingerprint density at radius 3 is 2.73 bits per heavy atom. The molecular formula is C21H24N4O3S2. The number of carbonyl (C=O) groups is 2. The molecule has 0 aliphatic heterocycles. The number of aromatic amines is 1. The average Bonchev–Trinajstić information content (AvgIpc) is 2.99. The lowest BCUT2D eigenvalue weighted by Gasteiger charge is -2.14. The van der Waals surface area contributed by atoms with E-state index in [2.05, 4.69) is 15.3 Å². The molecule has 3 rings (SSSR count). The molecule has 1 unspecified atom stereocenters. The fourth-order valence-corrected chi connectivity index (χ4v) is 4.68. The summed E-state index contributed by atoms with van der Waals surface area (Å²) in [6.45, 7) is 5.70. The number of carbonyl (C=O) groups excluding carboxylic acids is 2. The maximum atomic E-state index is 12.6. The van der Waals surface area contributed by atoms with Crippen LogP contribution in [-0.2, 0) is 10.5 Å². The van der Waals surface area contributed by atoms with E-state index in [1.165, 1.54) is 28.0 Å². The highest BCUT2D eigenvalue weighted by atomic mass is 32.2. The summed E-state index contributed by atoms with van der Waals surface area (Å²) in [6, 6.07) is 6.85. The molecule has 0 saturated heterocycles. The first-order chi connectivity index (χ1) is 14.2. The molecule has 3 aromatic rings. The molecule has 2 N–H and O–H groups in total. The highest BCUT2D eigenvalue weighted by molar-refractivity contribution is 7.99. The monoisotopic (exact) mass is 444 g/mol. The van der Waals surface area contributed by atoms with Crippen LogP contribution in [0.25, 0.3) is 10.2 Å². The third-order valence-electron chi connectivity index (χ3n) is 4.71. The van der Waals surface area contributed by atoms with Crippen LogP contribution < -0.4 is 10.9 Å². The highest BCUT2D eigenvalue weighted by Gasteiger charge is 2.17. The number of nitrogens with zero attached hydrogens (tertiary/aromatic N) is 2. The van der Waals surface area contributed by atoms with Crippen LogP contribution in [0.15, 0.2) is 29.1 Å². The standard InChI is InChI=1S/C21H24N4O3S2/c1-11-12(2)30-20-17(11)19(27)23-16(24-20)10-29-13(3)18(26)22-15-8-6-7-14(9-15)21(28)25(4)5/h6-9,13H,10H2,1-5H3,(H,22,26)(H,23,24,27). The van der Waals surface area contributed by atoms with E-state index in [1.807, 2.05) is 13.8 Å². The first-order valence-corrected chi connectivity index (χ1v) is 11.3. The zero-order valence-corrected chi connectivity index (χ0v) is 19.2. The Morgan fingerprint density at radius 2 is 2.03 bits per heavy atom. The van der Waals surface area contributed by atoms with Gasteiger partial charge in [-0.2, -0.15) is 0 Å². The van der Waals surface area contributed by atoms with Crippen LogP contribution in [0.5, 0.6) is 0 Å². The Hall–Kier alpha value is -2.65. The molecule has 2 amide bonds. The van der Waals surface area contributed by atoms with Crippen LogP contribution in [0.3, 0.4) is 0 Å². The lowest BCUT2D eigenvalue weighted by Crippen LogP contribution is -2.24. The number of rotatable bonds is 6. The summed E-state index contributed by atoms with van der Waals surface area (Å²) >= 11 is 2.89. The predicted molar refractivity (Wildman–Crippen MR) is 124 cm³/mol. The molecule has 1 aromatic carbocycles. The van der Waals surface area contributed by atoms with Gasteiger partial charge >= 0.3 is 0 Å². The number of amides is 2. The summed E-state index contributed by atoms with van der Waals surface area (Å²) in [5, 5.41) is 3.12. The van der Waals surface area contributed by atoms with Gasteiger partial charge in [0.1, 0.15) is 10.7 Å². The van der Waals surface area contributed by atoms with Gasteiger partial charge in [0.2, 0.25) is 5.91 Å². The SMILES string of the molecule is Cc1sc2nc(CSC(C)C(=O)Nc3cccc(C(=O)N(C)C)c3)[nH]c(=O)c2c1C. The quantitative estimate of drug-likeness (QED) is 0.606. The summed E-state index contributed by atoms with van der Waals surface area (Å²) in [5.41, 5.74) is 1.90. The summed E-state index contributed by atoms with van der Waals surface area (Å²) < 4.78 is 0. The second-order valence-electron chi connectivity index (χ2n) is 7.20. The van der Waals surface area contributed by atoms with Crippen LogP contribution in [0.2, 0.25) is 0 Å². The van der Waals surface area contributed by atoms with Crippen molar-refractivity contribution in [1.29, 1.82) is 0 Å². The van der Waals surface area contributed by atoms with Crippen molar-refractivity contribution in [1.82, 2.24) is 14.9 Å². The number of H-pyrrole nitrogens is 1. The fraction of sp³-hybridized carbons (Fsp3) is 0.333. The van der Waals surface area contributed by atoms with Gasteiger partial charge < -0.3 is 15.2 Å². The van der Waals surface area contributed by atoms with Crippen LogP contribution in [-0.4, -0.2) is 46.0 Å². The number of aromatic nitrogens is 2. The second kappa shape index (κ2) is 9.01. The van der Waals surface area contributed by atoms with Gasteiger partial charge in [-0.3, -0.25) is 14.4 Å². The highest BCUT2D eigenvalue weighted by Crippen LogP contribution is 2.26. The normalized spacial score (nSPS) is 12.0. The smallest absolute Gasteiger partial charge is 0.259 e. The number of hydrogen-bond acceptors (Lipinski definition) is 6. The molecule has 2 heterocycles. The van der Waals surface area contributed by atoms with Gasteiger partial charge in [-0.1, -0.05) is 6.07 Å². The Morgan fingerprint density at radius 1 is 1.30 bits per heavy atom. The Kier molecular flexibility index (Phi) is 6.62. The maximum Gasteiger partial charge on any atom is 0.259 e. The zero-order valence-electron chi connectivity index (χ0n) is 17.5. The van der Waals surface area contributed by atoms with E-state index in [4.69, 9.17) is 0 Å². The van der Waals surface area contributed by atoms with Gasteiger partial charge in [0.05, 0.1) is 16.4 Å². The Labute approximate surface area is 182 Å². The number of aryl methyl sites for hydroxylation is 2. The first-order valence-electron chi connectivity index (χ1n) is 9.40. The van der Waals surface area contributed by atoms with Crippen molar-refractivity contribution >= 4 is 50.8 Å². The summed E-state index contributed by atoms with van der Waals surface area (Å²) in [6.07, 6.45) is 0. The third-order valence-corrected chi connectivity index (χ3v) is 6.97. The van der Waals surface area contributed by atoms with Crippen molar-refractivity contribution in [3.8, 4) is 0 Å². The van der Waals surface area contributed by atoms with Crippen molar-refractivity contribution in [2.75, 3.05) is 19.4 Å². The van der Waals surface area contributed by atoms with E-state index in [1.54, 1.807) is 45.3 Å². The molecule has 0 aliphatic rings. The van der Waals surface area contributed by atoms with Crippen LogP contribution in [0.1, 0.15) is 33.5 Å². The number of anilines is 1. The van der Waals surface area contributed by atoms with Gasteiger partial charge in [-0.25, -0.2) is 4.98 Å². The molecule has 158 valence electrons. The van der Waals surface area contributed by atoms with Crippen molar-refractivity contribution in [3.05, 3.63) is 56.4 Å². The fourth-order valence-electron chi connectivity index (χ4n) is 2.88. The molecule has 0 saturated carbocycles. The van der Waals surface area contributed by atoms with Gasteiger partial charge in [0.15, 0.2) is 0 Å². The molecule has 0 spiro atoms. The second-order valence-corrected chi connectivity index (χ2v) is 9.73. The van der Waals surface area contributed by atoms with Crippen molar-refractivity contribution in [3.63, 3.8) is 0 Å². The molecular weight excluding hydrogens is 420 g/mol. The minimum Gasteiger partial charge on any atom is -0.345 e. The summed E-state index contributed by atoms with van der Waals surface area (Å²) in [4.78, 5) is 47.7. The molecule has 1 atom stereocenters. The van der Waals surface area contributed by atoms with Crippen LogP contribution >= 0.6 is 23.1 Å². The number of thioether (sulfide) groups is 1. The molecule has 0 fully saturated rings. The molecule has 0 aliphatic carbocycles. The van der Waals surface area contributed by atoms with Crippen molar-refractivity contribution in [2.24, 2.45) is 0 Å². The van der Waals surface area contributed by atoms with E-state index in [-0.39, 0.29) is 22.6 Å². The van der Waals surface area contributed by atoms with Crippen molar-refractivity contribution < 1.29 is 9.59 Å². The molecule has 0 radical (unpaired) electrons. The molecule has 2 aromatic heterocycles. The number of hydrogen-bond donors (Lipinski definition) is 2. The topological polar surface area (TPSA) is 95.2 Å². The summed E-state index contributed by atoms with van der Waals surface area (Å²) in [7, 11) is 3.36. The van der Waals surface area contributed by atoms with Crippen molar-refractivity contribution in [2.45, 2.75) is 31.8 Å². The number of thiophene rings is 1. The lowest BCUT2D eigenvalue weighted by atomic mass is 10.2. The Bertz CT molecular complexity index is 1170. The van der Waals surface area contributed by atoms with E-state index < -0.39 is 0 Å². The van der Waals surface area contributed by atoms with E-state index in [9.17, 15) is 14.4 Å². The lowest BCUT2D eigenvalue weighted by molar-refractivity contribution is -0.115. The van der Waals surface area contributed by atoms with Crippen LogP contribution in [0.4, 0.5) is 5.69 Å². The maximum absolute atomic E-state index is 12.6.